The predicted octanol–water partition coefficient (Wildman–Crippen LogP) is 2.16. The molecule has 21 heavy (non-hydrogen) atoms. The number of carboxylic acid groups (broad SMARTS) is 1. The van der Waals surface area contributed by atoms with Gasteiger partial charge in [0, 0.05) is 19.8 Å². The topological polar surface area (TPSA) is 75.6 Å². The van der Waals surface area contributed by atoms with E-state index in [1.807, 2.05) is 0 Å². The Balaban J connectivity index is 2.07. The number of carbonyl (C=O) groups excluding carboxylic acids is 1. The second kappa shape index (κ2) is 6.72. The van der Waals surface area contributed by atoms with E-state index in [-0.39, 0.29) is 17.0 Å². The van der Waals surface area contributed by atoms with Crippen molar-refractivity contribution in [1.29, 1.82) is 0 Å². The van der Waals surface area contributed by atoms with Crippen molar-refractivity contribution in [3.63, 3.8) is 0 Å². The number of rotatable bonds is 5. The molecule has 0 radical (unpaired) electrons. The number of benzene rings is 1. The third-order valence-electron chi connectivity index (χ3n) is 3.93. The molecule has 1 atom stereocenters. The van der Waals surface area contributed by atoms with Crippen LogP contribution in [0.5, 0.6) is 0 Å². The molecular weight excluding hydrogens is 270 g/mol. The first-order valence-electron chi connectivity index (χ1n) is 7.20. The third kappa shape index (κ3) is 3.61. The number of aromatic carboxylic acids is 1. The Morgan fingerprint density at radius 3 is 2.52 bits per heavy atom. The van der Waals surface area contributed by atoms with Crippen LogP contribution in [0.3, 0.4) is 0 Å². The first-order chi connectivity index (χ1) is 10.0. The number of nitrogens with one attached hydrogen (secondary N) is 1. The lowest BCUT2D eigenvalue weighted by Crippen LogP contribution is -2.28. The van der Waals surface area contributed by atoms with E-state index in [4.69, 9.17) is 4.74 Å². The molecule has 1 fully saturated rings. The van der Waals surface area contributed by atoms with Gasteiger partial charge < -0.3 is 15.2 Å². The molecule has 1 saturated heterocycles. The van der Waals surface area contributed by atoms with Crippen LogP contribution < -0.4 is 5.32 Å². The van der Waals surface area contributed by atoms with Gasteiger partial charge in [-0.2, -0.15) is 0 Å². The molecule has 5 nitrogen and oxygen atoms in total. The smallest absolute Gasteiger partial charge is 0.336 e. The van der Waals surface area contributed by atoms with Gasteiger partial charge in [0.05, 0.1) is 11.1 Å². The number of aryl methyl sites for hydroxylation is 2. The molecule has 1 aromatic rings. The molecule has 1 heterocycles. The first-order valence-corrected chi connectivity index (χ1v) is 7.20. The van der Waals surface area contributed by atoms with Crippen molar-refractivity contribution in [1.82, 2.24) is 5.32 Å². The highest BCUT2D eigenvalue weighted by Gasteiger charge is 2.21. The summed E-state index contributed by atoms with van der Waals surface area (Å²) in [6.07, 6.45) is 1.89. The highest BCUT2D eigenvalue weighted by atomic mass is 16.5. The molecule has 5 heteroatoms. The van der Waals surface area contributed by atoms with Crippen LogP contribution in [0.25, 0.3) is 0 Å². The molecule has 2 rings (SSSR count). The largest absolute Gasteiger partial charge is 0.478 e. The average Bonchev–Trinajstić information content (AvgIpc) is 2.93. The Morgan fingerprint density at radius 1 is 1.29 bits per heavy atom. The quantitative estimate of drug-likeness (QED) is 0.871. The molecule has 114 valence electrons. The van der Waals surface area contributed by atoms with Crippen LogP contribution in [-0.2, 0) is 4.74 Å². The van der Waals surface area contributed by atoms with Crippen LogP contribution in [0.2, 0.25) is 0 Å². The van der Waals surface area contributed by atoms with E-state index < -0.39 is 5.97 Å². The van der Waals surface area contributed by atoms with Crippen molar-refractivity contribution in [3.05, 3.63) is 34.4 Å². The van der Waals surface area contributed by atoms with Crippen molar-refractivity contribution in [2.24, 2.45) is 5.92 Å². The molecule has 1 aliphatic heterocycles. The summed E-state index contributed by atoms with van der Waals surface area (Å²) in [5, 5.41) is 12.2. The van der Waals surface area contributed by atoms with Crippen molar-refractivity contribution in [2.45, 2.75) is 26.7 Å². The van der Waals surface area contributed by atoms with Gasteiger partial charge in [-0.3, -0.25) is 4.79 Å². The Bertz CT molecular complexity index is 547. The van der Waals surface area contributed by atoms with Gasteiger partial charge in [0.2, 0.25) is 0 Å². The molecule has 0 saturated carbocycles. The zero-order chi connectivity index (χ0) is 15.4. The van der Waals surface area contributed by atoms with E-state index in [0.717, 1.165) is 26.1 Å². The van der Waals surface area contributed by atoms with Gasteiger partial charge in [0.15, 0.2) is 0 Å². The maximum Gasteiger partial charge on any atom is 0.336 e. The number of amides is 1. The Hall–Kier alpha value is -1.88. The second-order valence-corrected chi connectivity index (χ2v) is 5.53. The van der Waals surface area contributed by atoms with E-state index in [1.165, 1.54) is 0 Å². The Kier molecular flexibility index (Phi) is 4.96. The van der Waals surface area contributed by atoms with Crippen molar-refractivity contribution < 1.29 is 19.4 Å². The zero-order valence-corrected chi connectivity index (χ0v) is 12.4. The van der Waals surface area contributed by atoms with Gasteiger partial charge in [-0.1, -0.05) is 12.1 Å². The number of carboxylic acids is 1. The van der Waals surface area contributed by atoms with Crippen LogP contribution in [0, 0.1) is 19.8 Å². The first kappa shape index (κ1) is 15.5. The van der Waals surface area contributed by atoms with E-state index >= 15 is 0 Å². The number of ether oxygens (including phenoxy) is 1. The normalized spacial score (nSPS) is 17.7. The van der Waals surface area contributed by atoms with E-state index in [9.17, 15) is 14.7 Å². The van der Waals surface area contributed by atoms with E-state index in [0.29, 0.717) is 23.6 Å². The van der Waals surface area contributed by atoms with E-state index in [2.05, 4.69) is 5.32 Å². The minimum atomic E-state index is -1.06. The van der Waals surface area contributed by atoms with Crippen LogP contribution in [-0.4, -0.2) is 36.7 Å². The lowest BCUT2D eigenvalue weighted by Gasteiger charge is -2.13. The molecule has 1 unspecified atom stereocenters. The van der Waals surface area contributed by atoms with E-state index in [1.54, 1.807) is 26.0 Å². The fourth-order valence-electron chi connectivity index (χ4n) is 2.67. The van der Waals surface area contributed by atoms with Crippen LogP contribution >= 0.6 is 0 Å². The molecular formula is C16H21NO4. The number of carbonyl (C=O) groups is 2. The standard InChI is InChI=1S/C16H21NO4/c1-10-3-4-11(2)14(16(19)20)13(10)15(18)17-7-5-12-6-8-21-9-12/h3-4,12H,5-9H2,1-2H3,(H,17,18)(H,19,20). The fourth-order valence-corrected chi connectivity index (χ4v) is 2.67. The van der Waals surface area contributed by atoms with Crippen molar-refractivity contribution >= 4 is 11.9 Å². The van der Waals surface area contributed by atoms with Crippen LogP contribution in [0.4, 0.5) is 0 Å². The van der Waals surface area contributed by atoms with Gasteiger partial charge in [-0.15, -0.1) is 0 Å². The summed E-state index contributed by atoms with van der Waals surface area (Å²) >= 11 is 0. The molecule has 1 aliphatic rings. The highest BCUT2D eigenvalue weighted by Crippen LogP contribution is 2.19. The molecule has 0 aromatic heterocycles. The maximum absolute atomic E-state index is 12.3. The van der Waals surface area contributed by atoms with Gasteiger partial charge in [0.25, 0.3) is 5.91 Å². The van der Waals surface area contributed by atoms with Crippen molar-refractivity contribution in [2.75, 3.05) is 19.8 Å². The SMILES string of the molecule is Cc1ccc(C)c(C(=O)NCCC2CCOC2)c1C(=O)O. The van der Waals surface area contributed by atoms with Crippen molar-refractivity contribution in [3.8, 4) is 0 Å². The second-order valence-electron chi connectivity index (χ2n) is 5.53. The Labute approximate surface area is 124 Å². The summed E-state index contributed by atoms with van der Waals surface area (Å²) < 4.78 is 5.29. The Morgan fingerprint density at radius 2 is 1.95 bits per heavy atom. The molecule has 0 spiro atoms. The monoisotopic (exact) mass is 291 g/mol. The molecule has 0 aliphatic carbocycles. The predicted molar refractivity (Wildman–Crippen MR) is 78.8 cm³/mol. The molecule has 0 bridgehead atoms. The summed E-state index contributed by atoms with van der Waals surface area (Å²) in [6.45, 7) is 5.54. The van der Waals surface area contributed by atoms with Crippen LogP contribution in [0.1, 0.15) is 44.7 Å². The minimum Gasteiger partial charge on any atom is -0.478 e. The lowest BCUT2D eigenvalue weighted by molar-refractivity contribution is 0.0690. The maximum atomic E-state index is 12.3. The number of hydrogen-bond donors (Lipinski definition) is 2. The third-order valence-corrected chi connectivity index (χ3v) is 3.93. The number of hydrogen-bond acceptors (Lipinski definition) is 3. The fraction of sp³-hybridized carbons (Fsp3) is 0.500. The molecule has 1 amide bonds. The van der Waals surface area contributed by atoms with Gasteiger partial charge in [0.1, 0.15) is 0 Å². The summed E-state index contributed by atoms with van der Waals surface area (Å²) in [4.78, 5) is 23.7. The molecule has 2 N–H and O–H groups in total. The lowest BCUT2D eigenvalue weighted by atomic mass is 9.96. The summed E-state index contributed by atoms with van der Waals surface area (Å²) in [6, 6.07) is 3.51. The minimum absolute atomic E-state index is 0.0942. The summed E-state index contributed by atoms with van der Waals surface area (Å²) in [7, 11) is 0. The van der Waals surface area contributed by atoms with Gasteiger partial charge in [-0.05, 0) is 43.7 Å². The van der Waals surface area contributed by atoms with Gasteiger partial charge >= 0.3 is 5.97 Å². The summed E-state index contributed by atoms with van der Waals surface area (Å²) in [5.74, 6) is -0.888. The molecule has 1 aromatic carbocycles. The average molecular weight is 291 g/mol. The van der Waals surface area contributed by atoms with Crippen LogP contribution in [0.15, 0.2) is 12.1 Å². The van der Waals surface area contributed by atoms with Gasteiger partial charge in [-0.25, -0.2) is 4.79 Å². The zero-order valence-electron chi connectivity index (χ0n) is 12.4. The summed E-state index contributed by atoms with van der Waals surface area (Å²) in [5.41, 5.74) is 1.64. The highest BCUT2D eigenvalue weighted by molar-refractivity contribution is 6.06.